The summed E-state index contributed by atoms with van der Waals surface area (Å²) < 4.78 is 6.78. The van der Waals surface area contributed by atoms with Crippen molar-refractivity contribution in [3.8, 4) is 10.6 Å². The average molecular weight is 426 g/mol. The Morgan fingerprint density at radius 2 is 1.90 bits per heavy atom. The van der Waals surface area contributed by atoms with Gasteiger partial charge >= 0.3 is 5.97 Å². The third-order valence-electron chi connectivity index (χ3n) is 4.22. The van der Waals surface area contributed by atoms with Gasteiger partial charge in [-0.15, -0.1) is 11.3 Å². The molecule has 0 fully saturated rings. The van der Waals surface area contributed by atoms with E-state index in [1.165, 1.54) is 11.3 Å². The number of halogens is 1. The van der Waals surface area contributed by atoms with Crippen molar-refractivity contribution in [2.75, 3.05) is 11.9 Å². The molecule has 0 radical (unpaired) electrons. The number of rotatable bonds is 5. The minimum Gasteiger partial charge on any atom is -0.462 e. The summed E-state index contributed by atoms with van der Waals surface area (Å²) in [5.74, 6) is -0.257. The molecule has 0 saturated heterocycles. The number of thiophene rings is 1. The smallest absolute Gasteiger partial charge is 0.339 e. The maximum Gasteiger partial charge on any atom is 0.339 e. The SMILES string of the molecule is CCOC(=O)c1ccc2nc(-c3cccs3)c(NC(=O)c3ccc(Cl)cc3)n2c1. The van der Waals surface area contributed by atoms with Crippen LogP contribution in [0.4, 0.5) is 5.82 Å². The number of aromatic nitrogens is 2. The van der Waals surface area contributed by atoms with Gasteiger partial charge in [-0.3, -0.25) is 9.20 Å². The average Bonchev–Trinajstić information content (AvgIpc) is 3.36. The maximum absolute atomic E-state index is 12.8. The fraction of sp³-hybridized carbons (Fsp3) is 0.0952. The van der Waals surface area contributed by atoms with Gasteiger partial charge in [0.05, 0.1) is 17.0 Å². The van der Waals surface area contributed by atoms with Crippen LogP contribution in [0.3, 0.4) is 0 Å². The molecule has 146 valence electrons. The van der Waals surface area contributed by atoms with Gasteiger partial charge in [-0.2, -0.15) is 0 Å². The first-order valence-corrected chi connectivity index (χ1v) is 10.1. The van der Waals surface area contributed by atoms with E-state index in [4.69, 9.17) is 16.3 Å². The molecule has 1 amide bonds. The lowest BCUT2D eigenvalue weighted by Gasteiger charge is -2.08. The maximum atomic E-state index is 12.8. The first kappa shape index (κ1) is 19.2. The topological polar surface area (TPSA) is 72.7 Å². The fourth-order valence-corrected chi connectivity index (χ4v) is 3.71. The number of carbonyl (C=O) groups is 2. The van der Waals surface area contributed by atoms with Crippen molar-refractivity contribution < 1.29 is 14.3 Å². The first-order chi connectivity index (χ1) is 14.1. The standard InChI is InChI=1S/C21H16ClN3O3S/c1-2-28-21(27)14-7-10-17-23-18(16-4-3-11-29-16)19(25(17)12-14)24-20(26)13-5-8-15(22)9-6-13/h3-12H,2H2,1H3,(H,24,26). The zero-order chi connectivity index (χ0) is 20.4. The molecule has 4 rings (SSSR count). The van der Waals surface area contributed by atoms with Crippen LogP contribution in [0.1, 0.15) is 27.6 Å². The zero-order valence-electron chi connectivity index (χ0n) is 15.4. The molecule has 1 N–H and O–H groups in total. The number of anilines is 1. The number of ether oxygens (including phenoxy) is 1. The number of hydrogen-bond donors (Lipinski definition) is 1. The Morgan fingerprint density at radius 1 is 1.14 bits per heavy atom. The molecule has 3 heterocycles. The van der Waals surface area contributed by atoms with E-state index in [2.05, 4.69) is 10.3 Å². The molecule has 0 spiro atoms. The quantitative estimate of drug-likeness (QED) is 0.449. The monoisotopic (exact) mass is 425 g/mol. The summed E-state index contributed by atoms with van der Waals surface area (Å²) in [5, 5.41) is 5.42. The largest absolute Gasteiger partial charge is 0.462 e. The van der Waals surface area contributed by atoms with E-state index in [-0.39, 0.29) is 12.5 Å². The number of fused-ring (bicyclic) bond motifs is 1. The number of imidazole rings is 1. The zero-order valence-corrected chi connectivity index (χ0v) is 17.0. The number of pyridine rings is 1. The molecule has 6 nitrogen and oxygen atoms in total. The van der Waals surface area contributed by atoms with E-state index in [0.717, 1.165) is 4.88 Å². The second-order valence-corrected chi connectivity index (χ2v) is 7.50. The molecule has 0 atom stereocenters. The number of benzene rings is 1. The van der Waals surface area contributed by atoms with Crippen LogP contribution in [0.25, 0.3) is 16.2 Å². The summed E-state index contributed by atoms with van der Waals surface area (Å²) >= 11 is 7.43. The van der Waals surface area contributed by atoms with E-state index in [9.17, 15) is 9.59 Å². The molecule has 0 aliphatic heterocycles. The predicted octanol–water partition coefficient (Wildman–Crippen LogP) is 5.15. The number of nitrogens with zero attached hydrogens (tertiary/aromatic N) is 2. The van der Waals surface area contributed by atoms with Crippen molar-refractivity contribution in [1.82, 2.24) is 9.38 Å². The highest BCUT2D eigenvalue weighted by Crippen LogP contribution is 2.32. The minimum absolute atomic E-state index is 0.279. The Balaban J connectivity index is 1.81. The van der Waals surface area contributed by atoms with Crippen LogP contribution in [0, 0.1) is 0 Å². The van der Waals surface area contributed by atoms with Gasteiger partial charge in [-0.05, 0) is 54.8 Å². The van der Waals surface area contributed by atoms with Crippen molar-refractivity contribution >= 4 is 46.3 Å². The highest BCUT2D eigenvalue weighted by molar-refractivity contribution is 7.13. The molecule has 0 aliphatic carbocycles. The molecule has 0 saturated carbocycles. The van der Waals surface area contributed by atoms with Crippen molar-refractivity contribution in [1.29, 1.82) is 0 Å². The van der Waals surface area contributed by atoms with Gasteiger partial charge in [-0.25, -0.2) is 9.78 Å². The summed E-state index contributed by atoms with van der Waals surface area (Å²) in [6.45, 7) is 2.03. The van der Waals surface area contributed by atoms with Crippen molar-refractivity contribution in [3.63, 3.8) is 0 Å². The minimum atomic E-state index is -0.434. The van der Waals surface area contributed by atoms with Crippen LogP contribution < -0.4 is 5.32 Å². The van der Waals surface area contributed by atoms with Gasteiger partial charge in [0.2, 0.25) is 0 Å². The predicted molar refractivity (Wildman–Crippen MR) is 114 cm³/mol. The summed E-state index contributed by atoms with van der Waals surface area (Å²) in [7, 11) is 0. The number of carbonyl (C=O) groups excluding carboxylic acids is 2. The number of esters is 1. The van der Waals surface area contributed by atoms with Gasteiger partial charge in [0, 0.05) is 16.8 Å². The van der Waals surface area contributed by atoms with Crippen molar-refractivity contribution in [2.24, 2.45) is 0 Å². The number of hydrogen-bond acceptors (Lipinski definition) is 5. The van der Waals surface area contributed by atoms with Crippen LogP contribution in [0.5, 0.6) is 0 Å². The van der Waals surface area contributed by atoms with E-state index in [0.29, 0.717) is 33.3 Å². The number of nitrogens with one attached hydrogen (secondary N) is 1. The molecule has 0 unspecified atom stereocenters. The Kier molecular flexibility index (Phi) is 5.33. The highest BCUT2D eigenvalue weighted by Gasteiger charge is 2.19. The normalized spacial score (nSPS) is 10.8. The highest BCUT2D eigenvalue weighted by atomic mass is 35.5. The first-order valence-electron chi connectivity index (χ1n) is 8.87. The van der Waals surface area contributed by atoms with Crippen molar-refractivity contribution in [3.05, 3.63) is 76.3 Å². The lowest BCUT2D eigenvalue weighted by atomic mass is 10.2. The van der Waals surface area contributed by atoms with Gasteiger partial charge < -0.3 is 10.1 Å². The summed E-state index contributed by atoms with van der Waals surface area (Å²) in [6, 6.07) is 13.8. The van der Waals surface area contributed by atoms with Crippen molar-refractivity contribution in [2.45, 2.75) is 6.92 Å². The van der Waals surface area contributed by atoms with Crippen LogP contribution in [-0.2, 0) is 4.74 Å². The second kappa shape index (κ2) is 8.06. The Labute approximate surface area is 175 Å². The van der Waals surface area contributed by atoms with Crippen LogP contribution in [0.2, 0.25) is 5.02 Å². The fourth-order valence-electron chi connectivity index (χ4n) is 2.87. The third kappa shape index (κ3) is 3.87. The second-order valence-electron chi connectivity index (χ2n) is 6.11. The summed E-state index contributed by atoms with van der Waals surface area (Å²) in [6.07, 6.45) is 1.62. The molecule has 3 aromatic heterocycles. The molecular weight excluding hydrogens is 410 g/mol. The molecule has 4 aromatic rings. The molecule has 8 heteroatoms. The Bertz CT molecular complexity index is 1180. The van der Waals surface area contributed by atoms with Gasteiger partial charge in [0.1, 0.15) is 17.2 Å². The van der Waals surface area contributed by atoms with E-state index < -0.39 is 5.97 Å². The lowest BCUT2D eigenvalue weighted by Crippen LogP contribution is -2.14. The number of amides is 1. The third-order valence-corrected chi connectivity index (χ3v) is 5.35. The summed E-state index contributed by atoms with van der Waals surface area (Å²) in [4.78, 5) is 30.5. The molecule has 29 heavy (non-hydrogen) atoms. The van der Waals surface area contributed by atoms with Gasteiger partial charge in [0.25, 0.3) is 5.91 Å². The van der Waals surface area contributed by atoms with E-state index in [1.54, 1.807) is 53.9 Å². The summed E-state index contributed by atoms with van der Waals surface area (Å²) in [5.41, 5.74) is 2.07. The Hall–Kier alpha value is -3.16. The Morgan fingerprint density at radius 3 is 2.59 bits per heavy atom. The van der Waals surface area contributed by atoms with Gasteiger partial charge in [0.15, 0.2) is 0 Å². The molecule has 0 aliphatic rings. The van der Waals surface area contributed by atoms with Crippen LogP contribution in [0.15, 0.2) is 60.1 Å². The molecule has 1 aromatic carbocycles. The van der Waals surface area contributed by atoms with E-state index >= 15 is 0 Å². The van der Waals surface area contributed by atoms with Crippen LogP contribution in [-0.4, -0.2) is 27.9 Å². The van der Waals surface area contributed by atoms with E-state index in [1.807, 2.05) is 17.5 Å². The van der Waals surface area contributed by atoms with Crippen LogP contribution >= 0.6 is 22.9 Å². The van der Waals surface area contributed by atoms with Gasteiger partial charge in [-0.1, -0.05) is 17.7 Å². The lowest BCUT2D eigenvalue weighted by molar-refractivity contribution is 0.0525. The molecular formula is C21H16ClN3O3S. The molecule has 0 bridgehead atoms.